The first kappa shape index (κ1) is 19.6. The predicted octanol–water partition coefficient (Wildman–Crippen LogP) is 4.69. The molecule has 0 aliphatic heterocycles. The number of rotatable bonds is 7. The normalized spacial score (nSPS) is 13.9. The maximum absolute atomic E-state index is 12.8. The molecule has 1 fully saturated rings. The fraction of sp³-hybridized carbons (Fsp3) is 0.250. The number of hydrogen-bond acceptors (Lipinski definition) is 6. The van der Waals surface area contributed by atoms with E-state index in [-0.39, 0.29) is 21.4 Å². The van der Waals surface area contributed by atoms with Crippen LogP contribution in [0.4, 0.5) is 5.69 Å². The molecule has 0 atom stereocenters. The number of anilines is 1. The van der Waals surface area contributed by atoms with E-state index in [1.165, 1.54) is 32.4 Å². The molecule has 29 heavy (non-hydrogen) atoms. The van der Waals surface area contributed by atoms with Gasteiger partial charge in [-0.1, -0.05) is 11.6 Å². The highest BCUT2D eigenvalue weighted by Gasteiger charge is 2.28. The van der Waals surface area contributed by atoms with Crippen molar-refractivity contribution < 1.29 is 22.3 Å². The van der Waals surface area contributed by atoms with Gasteiger partial charge in [0.25, 0.3) is 10.0 Å². The lowest BCUT2D eigenvalue weighted by Gasteiger charge is -2.15. The van der Waals surface area contributed by atoms with Crippen LogP contribution in [0.3, 0.4) is 0 Å². The number of benzene rings is 2. The van der Waals surface area contributed by atoms with Crippen molar-refractivity contribution >= 4 is 27.3 Å². The maximum Gasteiger partial charge on any atom is 0.262 e. The van der Waals surface area contributed by atoms with Gasteiger partial charge in [0, 0.05) is 23.6 Å². The number of nitrogens with one attached hydrogen (secondary N) is 1. The van der Waals surface area contributed by atoms with E-state index in [1.807, 2.05) is 0 Å². The van der Waals surface area contributed by atoms with Gasteiger partial charge in [0.15, 0.2) is 11.7 Å². The highest BCUT2D eigenvalue weighted by Crippen LogP contribution is 2.41. The van der Waals surface area contributed by atoms with Crippen LogP contribution in [-0.2, 0) is 10.0 Å². The molecule has 152 valence electrons. The second-order valence-electron chi connectivity index (χ2n) is 6.65. The minimum atomic E-state index is -3.89. The van der Waals surface area contributed by atoms with E-state index in [0.29, 0.717) is 17.4 Å². The number of oxazole rings is 1. The van der Waals surface area contributed by atoms with E-state index in [4.69, 9.17) is 25.5 Å². The molecular weight excluding hydrogens is 416 g/mol. The van der Waals surface area contributed by atoms with Crippen LogP contribution in [0.1, 0.15) is 24.7 Å². The molecule has 7 nitrogen and oxygen atoms in total. The van der Waals surface area contributed by atoms with Crippen molar-refractivity contribution in [2.75, 3.05) is 18.9 Å². The zero-order chi connectivity index (χ0) is 20.6. The highest BCUT2D eigenvalue weighted by molar-refractivity contribution is 7.92. The van der Waals surface area contributed by atoms with Gasteiger partial charge < -0.3 is 13.9 Å². The Labute approximate surface area is 173 Å². The van der Waals surface area contributed by atoms with Gasteiger partial charge in [-0.2, -0.15) is 0 Å². The van der Waals surface area contributed by atoms with Gasteiger partial charge in [-0.05, 0) is 37.1 Å². The third-order valence-electron chi connectivity index (χ3n) is 4.62. The predicted molar refractivity (Wildman–Crippen MR) is 109 cm³/mol. The molecule has 1 saturated carbocycles. The first-order valence-corrected chi connectivity index (χ1v) is 10.8. The molecule has 0 radical (unpaired) electrons. The summed E-state index contributed by atoms with van der Waals surface area (Å²) in [6.45, 7) is 0. The Morgan fingerprint density at radius 1 is 1.14 bits per heavy atom. The number of aromatic nitrogens is 1. The SMILES string of the molecule is COc1cc(Cl)c(NS(=O)(=O)c2ccc(-c3cnc(C4CC4)o3)cc2)c(OC)c1. The lowest BCUT2D eigenvalue weighted by Crippen LogP contribution is -2.14. The van der Waals surface area contributed by atoms with Crippen LogP contribution < -0.4 is 14.2 Å². The van der Waals surface area contributed by atoms with Crippen molar-refractivity contribution in [1.29, 1.82) is 0 Å². The molecule has 2 aromatic carbocycles. The van der Waals surface area contributed by atoms with Crippen molar-refractivity contribution in [3.8, 4) is 22.8 Å². The fourth-order valence-corrected chi connectivity index (χ4v) is 4.26. The first-order valence-electron chi connectivity index (χ1n) is 8.92. The van der Waals surface area contributed by atoms with Crippen molar-refractivity contribution in [3.05, 3.63) is 53.5 Å². The molecule has 1 N–H and O–H groups in total. The van der Waals surface area contributed by atoms with Crippen molar-refractivity contribution in [3.63, 3.8) is 0 Å². The third-order valence-corrected chi connectivity index (χ3v) is 6.28. The van der Waals surface area contributed by atoms with Gasteiger partial charge in [-0.3, -0.25) is 4.72 Å². The van der Waals surface area contributed by atoms with Crippen LogP contribution in [0, 0.1) is 0 Å². The molecule has 1 aromatic heterocycles. The molecule has 0 unspecified atom stereocenters. The number of ether oxygens (including phenoxy) is 2. The Kier molecular flexibility index (Phi) is 5.14. The topological polar surface area (TPSA) is 90.7 Å². The van der Waals surface area contributed by atoms with Crippen LogP contribution in [0.15, 0.2) is 51.9 Å². The van der Waals surface area contributed by atoms with Gasteiger partial charge in [0.2, 0.25) is 0 Å². The average molecular weight is 435 g/mol. The van der Waals surface area contributed by atoms with Crippen LogP contribution in [-0.4, -0.2) is 27.6 Å². The Balaban J connectivity index is 1.59. The lowest BCUT2D eigenvalue weighted by molar-refractivity contribution is 0.395. The number of methoxy groups -OCH3 is 2. The average Bonchev–Trinajstić information content (AvgIpc) is 3.46. The summed E-state index contributed by atoms with van der Waals surface area (Å²) in [5.74, 6) is 2.47. The van der Waals surface area contributed by atoms with Crippen molar-refractivity contribution in [2.45, 2.75) is 23.7 Å². The van der Waals surface area contributed by atoms with Gasteiger partial charge in [0.05, 0.1) is 30.3 Å². The van der Waals surface area contributed by atoms with E-state index < -0.39 is 10.0 Å². The summed E-state index contributed by atoms with van der Waals surface area (Å²) in [5, 5.41) is 0.163. The third kappa shape index (κ3) is 4.04. The standard InChI is InChI=1S/C20H19ClN2O5S/c1-26-14-9-16(21)19(17(10-14)27-2)23-29(24,25)15-7-5-12(6-8-15)18-11-22-20(28-18)13-3-4-13/h5-11,13,23H,3-4H2,1-2H3. The number of sulfonamides is 1. The molecule has 0 saturated heterocycles. The maximum atomic E-state index is 12.8. The molecule has 1 aliphatic carbocycles. The summed E-state index contributed by atoms with van der Waals surface area (Å²) in [7, 11) is -0.980. The van der Waals surface area contributed by atoms with Crippen molar-refractivity contribution in [2.24, 2.45) is 0 Å². The van der Waals surface area contributed by atoms with E-state index >= 15 is 0 Å². The number of halogens is 1. The highest BCUT2D eigenvalue weighted by atomic mass is 35.5. The summed E-state index contributed by atoms with van der Waals surface area (Å²) >= 11 is 6.22. The van der Waals surface area contributed by atoms with Gasteiger partial charge in [0.1, 0.15) is 17.2 Å². The van der Waals surface area contributed by atoms with Gasteiger partial charge >= 0.3 is 0 Å². The molecule has 0 bridgehead atoms. The van der Waals surface area contributed by atoms with Crippen LogP contribution in [0.25, 0.3) is 11.3 Å². The molecule has 1 heterocycles. The molecule has 0 spiro atoms. The van der Waals surface area contributed by atoms with Crippen LogP contribution in [0.2, 0.25) is 5.02 Å². The Bertz CT molecular complexity index is 1140. The van der Waals surface area contributed by atoms with E-state index in [2.05, 4.69) is 9.71 Å². The molecule has 4 rings (SSSR count). The van der Waals surface area contributed by atoms with E-state index in [9.17, 15) is 8.42 Å². The van der Waals surface area contributed by atoms with Crippen LogP contribution in [0.5, 0.6) is 11.5 Å². The number of nitrogens with zero attached hydrogens (tertiary/aromatic N) is 1. The zero-order valence-electron chi connectivity index (χ0n) is 15.8. The van der Waals surface area contributed by atoms with Crippen molar-refractivity contribution in [1.82, 2.24) is 4.98 Å². The minimum absolute atomic E-state index is 0.0807. The Hall–Kier alpha value is -2.71. The largest absolute Gasteiger partial charge is 0.497 e. The lowest BCUT2D eigenvalue weighted by atomic mass is 10.2. The summed E-state index contributed by atoms with van der Waals surface area (Å²) in [6, 6.07) is 9.42. The number of hydrogen-bond donors (Lipinski definition) is 1. The second kappa shape index (κ2) is 7.61. The molecule has 1 aliphatic rings. The molecule has 0 amide bonds. The summed E-state index contributed by atoms with van der Waals surface area (Å²) in [6.07, 6.45) is 3.86. The van der Waals surface area contributed by atoms with Crippen LogP contribution >= 0.6 is 11.6 Å². The first-order chi connectivity index (χ1) is 13.9. The fourth-order valence-electron chi connectivity index (χ4n) is 2.87. The summed E-state index contributed by atoms with van der Waals surface area (Å²) in [4.78, 5) is 4.37. The quantitative estimate of drug-likeness (QED) is 0.580. The molecule has 3 aromatic rings. The Morgan fingerprint density at radius 3 is 2.48 bits per heavy atom. The zero-order valence-corrected chi connectivity index (χ0v) is 17.4. The summed E-state index contributed by atoms with van der Waals surface area (Å²) in [5.41, 5.74) is 0.895. The Morgan fingerprint density at radius 2 is 1.86 bits per heavy atom. The smallest absolute Gasteiger partial charge is 0.262 e. The van der Waals surface area contributed by atoms with Gasteiger partial charge in [-0.15, -0.1) is 0 Å². The minimum Gasteiger partial charge on any atom is -0.497 e. The molecular formula is C20H19ClN2O5S. The monoisotopic (exact) mass is 434 g/mol. The molecule has 9 heteroatoms. The van der Waals surface area contributed by atoms with E-state index in [0.717, 1.165) is 24.3 Å². The second-order valence-corrected chi connectivity index (χ2v) is 8.74. The summed E-state index contributed by atoms with van der Waals surface area (Å²) < 4.78 is 44.3. The van der Waals surface area contributed by atoms with Gasteiger partial charge in [-0.25, -0.2) is 13.4 Å². The van der Waals surface area contributed by atoms with E-state index in [1.54, 1.807) is 24.4 Å².